The number of hydrogen-bond donors (Lipinski definition) is 3. The maximum Gasteiger partial charge on any atom is 0.314 e. The summed E-state index contributed by atoms with van der Waals surface area (Å²) in [6.45, 7) is 5.47. The van der Waals surface area contributed by atoms with Gasteiger partial charge in [-0.25, -0.2) is 0 Å². The fourth-order valence-corrected chi connectivity index (χ4v) is 3.05. The normalized spacial score (nSPS) is 19.8. The molecule has 0 bridgehead atoms. The lowest BCUT2D eigenvalue weighted by Gasteiger charge is -2.28. The number of carbonyl (C=O) groups excluding carboxylic acids is 3. The summed E-state index contributed by atoms with van der Waals surface area (Å²) in [6.07, 6.45) is 1.74. The van der Waals surface area contributed by atoms with Crippen molar-refractivity contribution in [2.45, 2.75) is 26.7 Å². The molecule has 2 amide bonds. The predicted molar refractivity (Wildman–Crippen MR) is 94.3 cm³/mol. The summed E-state index contributed by atoms with van der Waals surface area (Å²) in [6, 6.07) is 6.97. The number of anilines is 2. The minimum absolute atomic E-state index is 0.0909. The second-order valence-corrected chi connectivity index (χ2v) is 6.28. The van der Waals surface area contributed by atoms with Crippen LogP contribution in [0.5, 0.6) is 0 Å². The smallest absolute Gasteiger partial charge is 0.314 e. The van der Waals surface area contributed by atoms with Crippen LogP contribution in [0.4, 0.5) is 11.4 Å². The summed E-state index contributed by atoms with van der Waals surface area (Å²) >= 11 is 0. The third-order valence-electron chi connectivity index (χ3n) is 4.14. The van der Waals surface area contributed by atoms with Gasteiger partial charge in [-0.3, -0.25) is 14.4 Å². The van der Waals surface area contributed by atoms with E-state index in [9.17, 15) is 14.4 Å². The van der Waals surface area contributed by atoms with Crippen molar-refractivity contribution in [1.82, 2.24) is 0 Å². The summed E-state index contributed by atoms with van der Waals surface area (Å²) in [5, 5.41) is 5.53. The Morgan fingerprint density at radius 1 is 1.16 bits per heavy atom. The van der Waals surface area contributed by atoms with Gasteiger partial charge in [0.25, 0.3) is 5.91 Å². The van der Waals surface area contributed by atoms with E-state index >= 15 is 0 Å². The molecular weight excluding hydrogens is 322 g/mol. The van der Waals surface area contributed by atoms with Crippen molar-refractivity contribution in [3.8, 4) is 0 Å². The number of nitrogens with one attached hydrogen (secondary N) is 3. The molecule has 1 aliphatic rings. The van der Waals surface area contributed by atoms with E-state index in [0.717, 1.165) is 24.3 Å². The number of hydrogen-bond acceptors (Lipinski definition) is 4. The van der Waals surface area contributed by atoms with Crippen molar-refractivity contribution in [3.63, 3.8) is 0 Å². The minimum atomic E-state index is -0.159. The molecule has 0 aromatic heterocycles. The van der Waals surface area contributed by atoms with Gasteiger partial charge in [0.15, 0.2) is 6.54 Å². The van der Waals surface area contributed by atoms with Gasteiger partial charge < -0.3 is 20.3 Å². The molecule has 3 N–H and O–H groups in total. The molecular formula is C18H26N3O4+. The molecule has 0 saturated carbocycles. The van der Waals surface area contributed by atoms with Crippen LogP contribution in [-0.4, -0.2) is 44.0 Å². The molecule has 0 aliphatic carbocycles. The number of carbonyl (C=O) groups is 3. The van der Waals surface area contributed by atoms with Crippen LogP contribution in [0.3, 0.4) is 0 Å². The fourth-order valence-electron chi connectivity index (χ4n) is 3.05. The fraction of sp³-hybridized carbons (Fsp3) is 0.500. The number of benzene rings is 1. The first-order valence-corrected chi connectivity index (χ1v) is 8.65. The monoisotopic (exact) mass is 348 g/mol. The summed E-state index contributed by atoms with van der Waals surface area (Å²) in [4.78, 5) is 36.2. The van der Waals surface area contributed by atoms with Crippen molar-refractivity contribution < 1.29 is 24.0 Å². The summed E-state index contributed by atoms with van der Waals surface area (Å²) in [5.41, 5.74) is 1.36. The zero-order valence-corrected chi connectivity index (χ0v) is 14.8. The Bertz CT molecular complexity index is 615. The SMILES string of the molecule is CCOC(=O)[C@@H]1CCC[NH+](CC(=O)Nc2ccc(NC(C)=O)cc2)C1. The molecule has 1 heterocycles. The molecule has 7 heteroatoms. The van der Waals surface area contributed by atoms with Crippen molar-refractivity contribution in [1.29, 1.82) is 0 Å². The molecule has 1 aromatic rings. The van der Waals surface area contributed by atoms with Crippen LogP contribution in [0.1, 0.15) is 26.7 Å². The van der Waals surface area contributed by atoms with Crippen LogP contribution < -0.4 is 15.5 Å². The molecule has 1 fully saturated rings. The molecule has 7 nitrogen and oxygen atoms in total. The molecule has 2 rings (SSSR count). The van der Waals surface area contributed by atoms with Gasteiger partial charge >= 0.3 is 5.97 Å². The highest BCUT2D eigenvalue weighted by Crippen LogP contribution is 2.13. The van der Waals surface area contributed by atoms with E-state index in [2.05, 4.69) is 10.6 Å². The van der Waals surface area contributed by atoms with Crippen LogP contribution in [0.2, 0.25) is 0 Å². The Hall–Kier alpha value is -2.41. The number of ether oxygens (including phenoxy) is 1. The molecule has 1 unspecified atom stereocenters. The Morgan fingerprint density at radius 3 is 2.40 bits per heavy atom. The quantitative estimate of drug-likeness (QED) is 0.651. The van der Waals surface area contributed by atoms with Gasteiger partial charge in [-0.2, -0.15) is 0 Å². The molecule has 0 radical (unpaired) electrons. The molecule has 0 spiro atoms. The maximum absolute atomic E-state index is 12.2. The topological polar surface area (TPSA) is 88.9 Å². The number of rotatable bonds is 6. The van der Waals surface area contributed by atoms with E-state index in [4.69, 9.17) is 4.74 Å². The standard InChI is InChI=1S/C18H25N3O4/c1-3-25-18(24)14-5-4-10-21(11-14)12-17(23)20-16-8-6-15(7-9-16)19-13(2)22/h6-9,14H,3-5,10-12H2,1-2H3,(H,19,22)(H,20,23)/p+1/t14-/m1/s1. The summed E-state index contributed by atoms with van der Waals surface area (Å²) in [5.74, 6) is -0.504. The maximum atomic E-state index is 12.2. The number of likely N-dealkylation sites (tertiary alicyclic amines) is 1. The van der Waals surface area contributed by atoms with Crippen molar-refractivity contribution in [3.05, 3.63) is 24.3 Å². The van der Waals surface area contributed by atoms with E-state index in [1.54, 1.807) is 31.2 Å². The van der Waals surface area contributed by atoms with E-state index in [0.29, 0.717) is 31.1 Å². The van der Waals surface area contributed by atoms with Gasteiger partial charge in [0, 0.05) is 18.3 Å². The van der Waals surface area contributed by atoms with Crippen LogP contribution in [0.25, 0.3) is 0 Å². The molecule has 25 heavy (non-hydrogen) atoms. The highest BCUT2D eigenvalue weighted by atomic mass is 16.5. The van der Waals surface area contributed by atoms with Crippen molar-refractivity contribution in [2.75, 3.05) is 36.9 Å². The van der Waals surface area contributed by atoms with Crippen LogP contribution in [0.15, 0.2) is 24.3 Å². The highest BCUT2D eigenvalue weighted by molar-refractivity contribution is 5.92. The van der Waals surface area contributed by atoms with Crippen LogP contribution in [0, 0.1) is 5.92 Å². The van der Waals surface area contributed by atoms with Crippen LogP contribution >= 0.6 is 0 Å². The lowest BCUT2D eigenvalue weighted by atomic mass is 9.98. The number of piperidine rings is 1. The van der Waals surface area contributed by atoms with Crippen molar-refractivity contribution >= 4 is 29.2 Å². The van der Waals surface area contributed by atoms with Gasteiger partial charge in [-0.15, -0.1) is 0 Å². The zero-order chi connectivity index (χ0) is 18.2. The zero-order valence-electron chi connectivity index (χ0n) is 14.8. The van der Waals surface area contributed by atoms with Gasteiger partial charge in [-0.1, -0.05) is 0 Å². The largest absolute Gasteiger partial charge is 0.466 e. The molecule has 1 saturated heterocycles. The summed E-state index contributed by atoms with van der Waals surface area (Å²) < 4.78 is 5.09. The minimum Gasteiger partial charge on any atom is -0.466 e. The average molecular weight is 348 g/mol. The Labute approximate surface area is 147 Å². The first-order chi connectivity index (χ1) is 12.0. The molecule has 1 aliphatic heterocycles. The lowest BCUT2D eigenvalue weighted by Crippen LogP contribution is -3.14. The Morgan fingerprint density at radius 2 is 1.80 bits per heavy atom. The van der Waals surface area contributed by atoms with E-state index in [1.807, 2.05) is 0 Å². The van der Waals surface area contributed by atoms with Gasteiger partial charge in [-0.05, 0) is 44.0 Å². The number of amides is 2. The number of esters is 1. The van der Waals surface area contributed by atoms with Gasteiger partial charge in [0.05, 0.1) is 19.7 Å². The molecule has 136 valence electrons. The Kier molecular flexibility index (Phi) is 6.94. The first-order valence-electron chi connectivity index (χ1n) is 8.65. The second-order valence-electron chi connectivity index (χ2n) is 6.28. The first kappa shape index (κ1) is 18.9. The van der Waals surface area contributed by atoms with Gasteiger partial charge in [0.1, 0.15) is 5.92 Å². The molecule has 2 atom stereocenters. The van der Waals surface area contributed by atoms with E-state index < -0.39 is 0 Å². The van der Waals surface area contributed by atoms with Gasteiger partial charge in [0.2, 0.25) is 5.91 Å². The summed E-state index contributed by atoms with van der Waals surface area (Å²) in [7, 11) is 0. The Balaban J connectivity index is 1.83. The lowest BCUT2D eigenvalue weighted by molar-refractivity contribution is -0.899. The number of quaternary nitrogens is 1. The third kappa shape index (κ3) is 6.19. The third-order valence-corrected chi connectivity index (χ3v) is 4.14. The molecule has 1 aromatic carbocycles. The van der Waals surface area contributed by atoms with E-state index in [1.165, 1.54) is 6.92 Å². The van der Waals surface area contributed by atoms with E-state index in [-0.39, 0.29) is 23.7 Å². The van der Waals surface area contributed by atoms with Crippen LogP contribution in [-0.2, 0) is 19.1 Å². The predicted octanol–water partition coefficient (Wildman–Crippen LogP) is 0.442. The average Bonchev–Trinajstić information content (AvgIpc) is 2.56. The highest BCUT2D eigenvalue weighted by Gasteiger charge is 2.30. The van der Waals surface area contributed by atoms with Crippen molar-refractivity contribution in [2.24, 2.45) is 5.92 Å². The second kappa shape index (κ2) is 9.17.